The maximum atomic E-state index is 13.3. The van der Waals surface area contributed by atoms with E-state index in [0.29, 0.717) is 18.7 Å². The zero-order valence-corrected chi connectivity index (χ0v) is 11.9. The molecule has 0 atom stereocenters. The molecule has 1 aromatic carbocycles. The van der Waals surface area contributed by atoms with Crippen molar-refractivity contribution in [2.75, 3.05) is 6.54 Å². The third-order valence-electron chi connectivity index (χ3n) is 3.10. The Labute approximate surface area is 121 Å². The molecule has 1 aromatic rings. The van der Waals surface area contributed by atoms with Crippen LogP contribution in [0.5, 0.6) is 0 Å². The number of hydrogen-bond donors (Lipinski definition) is 1. The van der Waals surface area contributed by atoms with Crippen molar-refractivity contribution in [2.45, 2.75) is 45.2 Å². The largest absolute Gasteiger partial charge is 0.419 e. The quantitative estimate of drug-likeness (QED) is 0.581. The Morgan fingerprint density at radius 2 is 1.81 bits per heavy atom. The second-order valence-corrected chi connectivity index (χ2v) is 4.86. The monoisotopic (exact) mass is 305 g/mol. The first kappa shape index (κ1) is 17.5. The van der Waals surface area contributed by atoms with Crippen LogP contribution in [0, 0.1) is 5.82 Å². The molecule has 0 spiro atoms. The predicted molar refractivity (Wildman–Crippen MR) is 72.5 cm³/mol. The SMILES string of the molecule is CCCCCCCNC(=O)c1ccc(C(F)(F)F)c(F)c1. The second-order valence-electron chi connectivity index (χ2n) is 4.86. The number of rotatable bonds is 7. The number of benzene rings is 1. The van der Waals surface area contributed by atoms with Crippen LogP contribution < -0.4 is 5.32 Å². The number of halogens is 4. The van der Waals surface area contributed by atoms with Crippen LogP contribution in [0.3, 0.4) is 0 Å². The first-order valence-electron chi connectivity index (χ1n) is 7.01. The standard InChI is InChI=1S/C15H19F4NO/c1-2-3-4-5-6-9-20-14(21)11-7-8-12(13(16)10-11)15(17,18)19/h7-8,10H,2-6,9H2,1H3,(H,20,21). The molecule has 0 saturated heterocycles. The van der Waals surface area contributed by atoms with E-state index in [9.17, 15) is 22.4 Å². The van der Waals surface area contributed by atoms with Gasteiger partial charge in [-0.15, -0.1) is 0 Å². The van der Waals surface area contributed by atoms with E-state index < -0.39 is 23.5 Å². The minimum atomic E-state index is -4.75. The number of nitrogens with one attached hydrogen (secondary N) is 1. The lowest BCUT2D eigenvalue weighted by molar-refractivity contribution is -0.140. The molecule has 0 radical (unpaired) electrons. The summed E-state index contributed by atoms with van der Waals surface area (Å²) in [6.07, 6.45) is 0.374. The van der Waals surface area contributed by atoms with Crippen molar-refractivity contribution in [1.29, 1.82) is 0 Å². The van der Waals surface area contributed by atoms with Crippen molar-refractivity contribution < 1.29 is 22.4 Å². The summed E-state index contributed by atoms with van der Waals surface area (Å²) in [7, 11) is 0. The molecule has 0 heterocycles. The van der Waals surface area contributed by atoms with E-state index in [2.05, 4.69) is 12.2 Å². The van der Waals surface area contributed by atoms with Crippen LogP contribution in [0.1, 0.15) is 54.9 Å². The summed E-state index contributed by atoms with van der Waals surface area (Å²) >= 11 is 0. The van der Waals surface area contributed by atoms with Gasteiger partial charge in [-0.2, -0.15) is 13.2 Å². The molecule has 0 fully saturated rings. The lowest BCUT2D eigenvalue weighted by atomic mass is 10.1. The molecule has 1 amide bonds. The van der Waals surface area contributed by atoms with Crippen molar-refractivity contribution in [3.05, 3.63) is 35.1 Å². The van der Waals surface area contributed by atoms with E-state index in [1.165, 1.54) is 0 Å². The summed E-state index contributed by atoms with van der Waals surface area (Å²) < 4.78 is 50.5. The van der Waals surface area contributed by atoms with Crippen LogP contribution in [0.2, 0.25) is 0 Å². The number of amides is 1. The van der Waals surface area contributed by atoms with Gasteiger partial charge in [-0.25, -0.2) is 4.39 Å². The molecule has 0 bridgehead atoms. The molecule has 21 heavy (non-hydrogen) atoms. The minimum absolute atomic E-state index is 0.103. The number of hydrogen-bond acceptors (Lipinski definition) is 1. The van der Waals surface area contributed by atoms with Crippen molar-refractivity contribution >= 4 is 5.91 Å². The molecular formula is C15H19F4NO. The molecule has 0 saturated carbocycles. The zero-order chi connectivity index (χ0) is 15.9. The third-order valence-corrected chi connectivity index (χ3v) is 3.10. The van der Waals surface area contributed by atoms with Crippen LogP contribution in [-0.4, -0.2) is 12.5 Å². The van der Waals surface area contributed by atoms with E-state index >= 15 is 0 Å². The Bertz CT molecular complexity index is 471. The normalized spacial score (nSPS) is 11.5. The van der Waals surface area contributed by atoms with E-state index in [1.54, 1.807) is 0 Å². The maximum absolute atomic E-state index is 13.3. The fourth-order valence-corrected chi connectivity index (χ4v) is 1.92. The molecule has 118 valence electrons. The van der Waals surface area contributed by atoms with E-state index in [0.717, 1.165) is 38.2 Å². The Morgan fingerprint density at radius 3 is 2.38 bits per heavy atom. The van der Waals surface area contributed by atoms with Crippen molar-refractivity contribution in [2.24, 2.45) is 0 Å². The summed E-state index contributed by atoms with van der Waals surface area (Å²) in [5, 5.41) is 2.57. The molecule has 2 nitrogen and oxygen atoms in total. The van der Waals surface area contributed by atoms with Gasteiger partial charge in [0.15, 0.2) is 0 Å². The van der Waals surface area contributed by atoms with Gasteiger partial charge >= 0.3 is 6.18 Å². The lowest BCUT2D eigenvalue weighted by Crippen LogP contribution is -2.24. The summed E-state index contributed by atoms with van der Waals surface area (Å²) in [6, 6.07) is 2.19. The number of carbonyl (C=O) groups is 1. The van der Waals surface area contributed by atoms with Crippen molar-refractivity contribution in [1.82, 2.24) is 5.32 Å². The lowest BCUT2D eigenvalue weighted by Gasteiger charge is -2.09. The molecular weight excluding hydrogens is 286 g/mol. The molecule has 0 aliphatic rings. The summed E-state index contributed by atoms with van der Waals surface area (Å²) in [6.45, 7) is 2.53. The summed E-state index contributed by atoms with van der Waals surface area (Å²) in [5.74, 6) is -1.99. The molecule has 6 heteroatoms. The predicted octanol–water partition coefficient (Wildman–Crippen LogP) is 4.54. The molecule has 0 aliphatic heterocycles. The Balaban J connectivity index is 2.50. The molecule has 0 aliphatic carbocycles. The van der Waals surface area contributed by atoms with E-state index in [4.69, 9.17) is 0 Å². The average Bonchev–Trinajstić information content (AvgIpc) is 2.41. The Hall–Kier alpha value is -1.59. The number of alkyl halides is 3. The summed E-state index contributed by atoms with van der Waals surface area (Å²) in [5.41, 5.74) is -1.47. The van der Waals surface area contributed by atoms with E-state index in [1.807, 2.05) is 0 Å². The average molecular weight is 305 g/mol. The van der Waals surface area contributed by atoms with Gasteiger partial charge in [-0.1, -0.05) is 32.6 Å². The maximum Gasteiger partial charge on any atom is 0.419 e. The van der Waals surface area contributed by atoms with E-state index in [-0.39, 0.29) is 5.56 Å². The molecule has 0 unspecified atom stereocenters. The van der Waals surface area contributed by atoms with Crippen LogP contribution in [-0.2, 0) is 6.18 Å². The first-order valence-corrected chi connectivity index (χ1v) is 7.01. The highest BCUT2D eigenvalue weighted by molar-refractivity contribution is 5.94. The topological polar surface area (TPSA) is 29.1 Å². The number of unbranched alkanes of at least 4 members (excludes halogenated alkanes) is 4. The first-order chi connectivity index (χ1) is 9.86. The van der Waals surface area contributed by atoms with Crippen LogP contribution in [0.4, 0.5) is 17.6 Å². The highest BCUT2D eigenvalue weighted by Gasteiger charge is 2.34. The van der Waals surface area contributed by atoms with Gasteiger partial charge in [0.2, 0.25) is 0 Å². The molecule has 0 aromatic heterocycles. The minimum Gasteiger partial charge on any atom is -0.352 e. The van der Waals surface area contributed by atoms with Crippen LogP contribution >= 0.6 is 0 Å². The van der Waals surface area contributed by atoms with Crippen LogP contribution in [0.15, 0.2) is 18.2 Å². The second kappa shape index (κ2) is 8.00. The van der Waals surface area contributed by atoms with Crippen LogP contribution in [0.25, 0.3) is 0 Å². The van der Waals surface area contributed by atoms with Gasteiger partial charge in [0.1, 0.15) is 5.82 Å². The Kier molecular flexibility index (Phi) is 6.65. The summed E-state index contributed by atoms with van der Waals surface area (Å²) in [4.78, 5) is 11.7. The van der Waals surface area contributed by atoms with Gasteiger partial charge < -0.3 is 5.32 Å². The molecule has 1 rings (SSSR count). The van der Waals surface area contributed by atoms with Crippen molar-refractivity contribution in [3.63, 3.8) is 0 Å². The third kappa shape index (κ3) is 5.73. The fraction of sp³-hybridized carbons (Fsp3) is 0.533. The van der Waals surface area contributed by atoms with Gasteiger partial charge in [-0.3, -0.25) is 4.79 Å². The fourth-order valence-electron chi connectivity index (χ4n) is 1.92. The van der Waals surface area contributed by atoms with Gasteiger partial charge in [0, 0.05) is 12.1 Å². The zero-order valence-electron chi connectivity index (χ0n) is 11.9. The Morgan fingerprint density at radius 1 is 1.14 bits per heavy atom. The number of carbonyl (C=O) groups excluding carboxylic acids is 1. The van der Waals surface area contributed by atoms with Gasteiger partial charge in [0.05, 0.1) is 5.56 Å². The smallest absolute Gasteiger partial charge is 0.352 e. The van der Waals surface area contributed by atoms with Gasteiger partial charge in [0.25, 0.3) is 5.91 Å². The highest BCUT2D eigenvalue weighted by atomic mass is 19.4. The molecule has 1 N–H and O–H groups in total. The van der Waals surface area contributed by atoms with Crippen molar-refractivity contribution in [3.8, 4) is 0 Å². The van der Waals surface area contributed by atoms with Gasteiger partial charge in [-0.05, 0) is 24.6 Å². The highest BCUT2D eigenvalue weighted by Crippen LogP contribution is 2.31.